The van der Waals surface area contributed by atoms with E-state index in [4.69, 9.17) is 4.74 Å². The van der Waals surface area contributed by atoms with E-state index in [1.165, 1.54) is 22.5 Å². The number of sulfonamides is 1. The molecule has 0 aromatic heterocycles. The van der Waals surface area contributed by atoms with Crippen LogP contribution in [0.5, 0.6) is 0 Å². The number of morpholine rings is 1. The number of amides is 2. The summed E-state index contributed by atoms with van der Waals surface area (Å²) in [5.41, 5.74) is 2.01. The first kappa shape index (κ1) is 24.1. The van der Waals surface area contributed by atoms with Crippen molar-refractivity contribution in [1.82, 2.24) is 4.90 Å². The average molecular weight is 491 g/mol. The topological polar surface area (TPSA) is 108 Å². The number of hydrogen-bond acceptors (Lipinski definition) is 6. The predicted molar refractivity (Wildman–Crippen MR) is 127 cm³/mol. The lowest BCUT2D eigenvalue weighted by molar-refractivity contribution is -0.116. The van der Waals surface area contributed by atoms with Gasteiger partial charge in [0.05, 0.1) is 30.8 Å². The van der Waals surface area contributed by atoms with Crippen LogP contribution in [0.4, 0.5) is 21.5 Å². The van der Waals surface area contributed by atoms with Crippen LogP contribution in [0.15, 0.2) is 36.4 Å². The highest BCUT2D eigenvalue weighted by Gasteiger charge is 2.26. The minimum Gasteiger partial charge on any atom is -0.379 e. The van der Waals surface area contributed by atoms with Crippen LogP contribution in [0.1, 0.15) is 22.3 Å². The van der Waals surface area contributed by atoms with Gasteiger partial charge in [-0.25, -0.2) is 12.8 Å². The van der Waals surface area contributed by atoms with Crippen molar-refractivity contribution in [2.45, 2.75) is 12.8 Å². The molecule has 0 radical (unpaired) electrons. The highest BCUT2D eigenvalue weighted by Crippen LogP contribution is 2.31. The van der Waals surface area contributed by atoms with Gasteiger partial charge in [-0.2, -0.15) is 0 Å². The van der Waals surface area contributed by atoms with Crippen LogP contribution in [0.2, 0.25) is 0 Å². The van der Waals surface area contributed by atoms with Gasteiger partial charge < -0.3 is 15.4 Å². The van der Waals surface area contributed by atoms with Crippen LogP contribution in [0.25, 0.3) is 0 Å². The lowest BCUT2D eigenvalue weighted by atomic mass is 10.1. The normalized spacial score (nSPS) is 16.2. The summed E-state index contributed by atoms with van der Waals surface area (Å²) in [7, 11) is -3.37. The molecular formula is C23H27FN4O5S. The van der Waals surface area contributed by atoms with Crippen LogP contribution < -0.4 is 14.9 Å². The minimum absolute atomic E-state index is 0.0116. The van der Waals surface area contributed by atoms with Crippen molar-refractivity contribution in [3.05, 3.63) is 53.3 Å². The second kappa shape index (κ2) is 10.1. The maximum absolute atomic E-state index is 14.3. The fraction of sp³-hybridized carbons (Fsp3) is 0.391. The van der Waals surface area contributed by atoms with Crippen molar-refractivity contribution in [1.29, 1.82) is 0 Å². The molecule has 0 unspecified atom stereocenters. The van der Waals surface area contributed by atoms with Crippen LogP contribution in [0.3, 0.4) is 0 Å². The Labute approximate surface area is 197 Å². The fourth-order valence-corrected chi connectivity index (χ4v) is 5.01. The van der Waals surface area contributed by atoms with Crippen molar-refractivity contribution >= 4 is 38.9 Å². The molecule has 0 spiro atoms. The summed E-state index contributed by atoms with van der Waals surface area (Å²) in [6.45, 7) is 3.70. The van der Waals surface area contributed by atoms with E-state index in [2.05, 4.69) is 15.5 Å². The Bertz CT molecular complexity index is 1200. The van der Waals surface area contributed by atoms with Crippen molar-refractivity contribution in [2.24, 2.45) is 0 Å². The monoisotopic (exact) mass is 490 g/mol. The van der Waals surface area contributed by atoms with Gasteiger partial charge in [0.2, 0.25) is 15.9 Å². The van der Waals surface area contributed by atoms with E-state index in [9.17, 15) is 22.4 Å². The maximum Gasteiger partial charge on any atom is 0.255 e. The Kier molecular flexibility index (Phi) is 7.15. The number of fused-ring (bicyclic) bond motifs is 1. The Morgan fingerprint density at radius 3 is 2.56 bits per heavy atom. The van der Waals surface area contributed by atoms with Crippen LogP contribution in [-0.4, -0.2) is 70.8 Å². The van der Waals surface area contributed by atoms with E-state index in [0.29, 0.717) is 49.7 Å². The molecule has 2 N–H and O–H groups in total. The van der Waals surface area contributed by atoms with Crippen molar-refractivity contribution in [3.63, 3.8) is 0 Å². The molecule has 2 heterocycles. The summed E-state index contributed by atoms with van der Waals surface area (Å²) in [6, 6.07) is 8.79. The molecule has 9 nitrogen and oxygen atoms in total. The summed E-state index contributed by atoms with van der Waals surface area (Å²) in [4.78, 5) is 27.2. The number of carbonyl (C=O) groups excluding carboxylic acids is 2. The Hall–Kier alpha value is -3.02. The molecule has 0 bridgehead atoms. The highest BCUT2D eigenvalue weighted by molar-refractivity contribution is 7.92. The van der Waals surface area contributed by atoms with Crippen LogP contribution in [0, 0.1) is 5.82 Å². The molecule has 1 saturated heterocycles. The number of nitrogens with zero attached hydrogens (tertiary/aromatic N) is 2. The lowest BCUT2D eigenvalue weighted by Gasteiger charge is -2.26. The van der Waals surface area contributed by atoms with Gasteiger partial charge in [-0.1, -0.05) is 0 Å². The molecule has 2 aromatic rings. The first-order valence-corrected chi connectivity index (χ1v) is 12.9. The standard InChI is InChI=1S/C23H27FN4O5S/c1-34(31,32)28-9-6-16-14-17(2-5-21(16)28)23(30)25-18-3-4-19(24)20(15-18)26-22(29)7-8-27-10-12-33-13-11-27/h2-5,14-15H,6-13H2,1H3,(H,25,30)(H,26,29). The van der Waals surface area contributed by atoms with Gasteiger partial charge in [0.1, 0.15) is 5.82 Å². The van der Waals surface area contributed by atoms with Crippen LogP contribution in [-0.2, 0) is 26.0 Å². The largest absolute Gasteiger partial charge is 0.379 e. The van der Waals surface area contributed by atoms with Gasteiger partial charge in [0.25, 0.3) is 5.91 Å². The summed E-state index contributed by atoms with van der Waals surface area (Å²) >= 11 is 0. The molecule has 0 atom stereocenters. The van der Waals surface area contributed by atoms with E-state index >= 15 is 0 Å². The van der Waals surface area contributed by atoms with E-state index < -0.39 is 21.7 Å². The number of halogens is 1. The number of carbonyl (C=O) groups is 2. The van der Waals surface area contributed by atoms with Gasteiger partial charge in [-0.3, -0.25) is 18.8 Å². The van der Waals surface area contributed by atoms with Gasteiger partial charge in [-0.15, -0.1) is 0 Å². The van der Waals surface area contributed by atoms with Gasteiger partial charge in [0.15, 0.2) is 0 Å². The first-order chi connectivity index (χ1) is 16.2. The summed E-state index contributed by atoms with van der Waals surface area (Å²) in [5, 5.41) is 5.28. The molecule has 2 amide bonds. The fourth-order valence-electron chi connectivity index (χ4n) is 4.06. The highest BCUT2D eigenvalue weighted by atomic mass is 32.2. The summed E-state index contributed by atoms with van der Waals surface area (Å²) in [6.07, 6.45) is 1.88. The molecule has 0 aliphatic carbocycles. The van der Waals surface area contributed by atoms with Crippen molar-refractivity contribution in [3.8, 4) is 0 Å². The molecule has 0 saturated carbocycles. The quantitative estimate of drug-likeness (QED) is 0.615. The van der Waals surface area contributed by atoms with E-state index in [1.807, 2.05) is 0 Å². The summed E-state index contributed by atoms with van der Waals surface area (Å²) in [5.74, 6) is -1.34. The van der Waals surface area contributed by atoms with E-state index in [-0.39, 0.29) is 18.0 Å². The molecule has 11 heteroatoms. The number of hydrogen-bond donors (Lipinski definition) is 2. The Morgan fingerprint density at radius 2 is 1.82 bits per heavy atom. The zero-order valence-corrected chi connectivity index (χ0v) is 19.7. The lowest BCUT2D eigenvalue weighted by Crippen LogP contribution is -2.38. The SMILES string of the molecule is CS(=O)(=O)N1CCc2cc(C(=O)Nc3ccc(F)c(NC(=O)CCN4CCOCC4)c3)ccc21. The van der Waals surface area contributed by atoms with Crippen LogP contribution >= 0.6 is 0 Å². The third-order valence-corrected chi connectivity index (χ3v) is 7.03. The average Bonchev–Trinajstić information content (AvgIpc) is 3.24. The molecule has 2 aliphatic rings. The van der Waals surface area contributed by atoms with Gasteiger partial charge >= 0.3 is 0 Å². The van der Waals surface area contributed by atoms with E-state index in [1.54, 1.807) is 18.2 Å². The van der Waals surface area contributed by atoms with Gasteiger partial charge in [-0.05, 0) is 48.4 Å². The molecular weight excluding hydrogens is 463 g/mol. The first-order valence-electron chi connectivity index (χ1n) is 11.0. The maximum atomic E-state index is 14.3. The second-order valence-electron chi connectivity index (χ2n) is 8.33. The Balaban J connectivity index is 1.39. The van der Waals surface area contributed by atoms with Gasteiger partial charge in [0, 0.05) is 43.9 Å². The van der Waals surface area contributed by atoms with Crippen molar-refractivity contribution in [2.75, 3.05) is 60.6 Å². The Morgan fingerprint density at radius 1 is 1.06 bits per heavy atom. The number of nitrogens with one attached hydrogen (secondary N) is 2. The second-order valence-corrected chi connectivity index (χ2v) is 10.2. The smallest absolute Gasteiger partial charge is 0.255 e. The summed E-state index contributed by atoms with van der Waals surface area (Å²) < 4.78 is 44.6. The zero-order valence-electron chi connectivity index (χ0n) is 18.8. The third kappa shape index (κ3) is 5.72. The minimum atomic E-state index is -3.37. The number of anilines is 3. The molecule has 4 rings (SSSR count). The predicted octanol–water partition coefficient (Wildman–Crippen LogP) is 2.06. The molecule has 2 aromatic carbocycles. The number of benzene rings is 2. The molecule has 2 aliphatic heterocycles. The van der Waals surface area contributed by atoms with E-state index in [0.717, 1.165) is 24.9 Å². The third-order valence-electron chi connectivity index (χ3n) is 5.85. The molecule has 182 valence electrons. The number of ether oxygens (including phenoxy) is 1. The number of rotatable bonds is 7. The van der Waals surface area contributed by atoms with Crippen molar-refractivity contribution < 1.29 is 27.1 Å². The zero-order chi connectivity index (χ0) is 24.3. The molecule has 1 fully saturated rings. The molecule has 34 heavy (non-hydrogen) atoms.